The van der Waals surface area contributed by atoms with Crippen LogP contribution in [0.3, 0.4) is 0 Å². The van der Waals surface area contributed by atoms with Crippen molar-refractivity contribution < 1.29 is 9.21 Å². The fourth-order valence-electron chi connectivity index (χ4n) is 2.29. The van der Waals surface area contributed by atoms with E-state index in [9.17, 15) is 4.79 Å². The number of hydrogen-bond donors (Lipinski definition) is 0. The third-order valence-electron chi connectivity index (χ3n) is 3.77. The van der Waals surface area contributed by atoms with Crippen LogP contribution in [0.1, 0.15) is 44.1 Å². The minimum Gasteiger partial charge on any atom is -0.468 e. The van der Waals surface area contributed by atoms with Gasteiger partial charge in [0, 0.05) is 25.3 Å². The molecule has 0 N–H and O–H groups in total. The molecule has 2 heterocycles. The Labute approximate surface area is 119 Å². The van der Waals surface area contributed by atoms with E-state index in [0.29, 0.717) is 23.5 Å². The zero-order chi connectivity index (χ0) is 13.7. The standard InChI is InChI=1S/C15H23NO2S/c1-3-12(2)11-15(17)16-7-6-14(19-10-8-16)13-5-4-9-18-13/h4-5,9,12,14H,3,6-8,10-11H2,1-2H3. The Morgan fingerprint density at radius 3 is 3.11 bits per heavy atom. The van der Waals surface area contributed by atoms with Crippen LogP contribution >= 0.6 is 11.8 Å². The number of hydrogen-bond acceptors (Lipinski definition) is 3. The molecule has 2 rings (SSSR count). The first-order valence-corrected chi connectivity index (χ1v) is 8.18. The monoisotopic (exact) mass is 281 g/mol. The van der Waals surface area contributed by atoms with Crippen molar-refractivity contribution in [2.75, 3.05) is 18.8 Å². The molecule has 0 spiro atoms. The van der Waals surface area contributed by atoms with Crippen molar-refractivity contribution in [3.05, 3.63) is 24.2 Å². The molecule has 1 amide bonds. The van der Waals surface area contributed by atoms with Gasteiger partial charge in [0.15, 0.2) is 0 Å². The summed E-state index contributed by atoms with van der Waals surface area (Å²) in [5, 5.41) is 0.399. The Bertz CT molecular complexity index is 391. The van der Waals surface area contributed by atoms with Crippen molar-refractivity contribution in [1.82, 2.24) is 4.90 Å². The largest absolute Gasteiger partial charge is 0.468 e. The second-order valence-electron chi connectivity index (χ2n) is 5.26. The number of thioether (sulfide) groups is 1. The molecule has 106 valence electrons. The molecule has 0 saturated carbocycles. The molecule has 0 bridgehead atoms. The molecule has 1 aromatic rings. The zero-order valence-electron chi connectivity index (χ0n) is 11.8. The number of carbonyl (C=O) groups is 1. The molecule has 19 heavy (non-hydrogen) atoms. The van der Waals surface area contributed by atoms with Gasteiger partial charge in [-0.1, -0.05) is 20.3 Å². The van der Waals surface area contributed by atoms with E-state index in [1.165, 1.54) is 0 Å². The maximum absolute atomic E-state index is 12.2. The topological polar surface area (TPSA) is 33.5 Å². The van der Waals surface area contributed by atoms with Gasteiger partial charge in [0.25, 0.3) is 0 Å². The van der Waals surface area contributed by atoms with Crippen molar-refractivity contribution in [3.8, 4) is 0 Å². The maximum atomic E-state index is 12.2. The normalized spacial score (nSPS) is 22.0. The summed E-state index contributed by atoms with van der Waals surface area (Å²) in [6.45, 7) is 6.02. The van der Waals surface area contributed by atoms with Crippen LogP contribution in [0.5, 0.6) is 0 Å². The van der Waals surface area contributed by atoms with Gasteiger partial charge in [-0.25, -0.2) is 0 Å². The molecule has 1 aromatic heterocycles. The Morgan fingerprint density at radius 1 is 1.58 bits per heavy atom. The summed E-state index contributed by atoms with van der Waals surface area (Å²) in [5.74, 6) is 2.85. The van der Waals surface area contributed by atoms with Crippen molar-refractivity contribution in [2.45, 2.75) is 38.4 Å². The quantitative estimate of drug-likeness (QED) is 0.843. The number of furan rings is 1. The molecule has 0 radical (unpaired) electrons. The highest BCUT2D eigenvalue weighted by molar-refractivity contribution is 7.99. The SMILES string of the molecule is CCC(C)CC(=O)N1CCSC(c2ccco2)CC1. The highest BCUT2D eigenvalue weighted by Crippen LogP contribution is 2.34. The zero-order valence-corrected chi connectivity index (χ0v) is 12.6. The Kier molecular flexibility index (Phi) is 5.37. The van der Waals surface area contributed by atoms with Crippen LogP contribution in [0.4, 0.5) is 0 Å². The predicted octanol–water partition coefficient (Wildman–Crippen LogP) is 3.72. The lowest BCUT2D eigenvalue weighted by Crippen LogP contribution is -2.33. The maximum Gasteiger partial charge on any atom is 0.222 e. The molecular weight excluding hydrogens is 258 g/mol. The van der Waals surface area contributed by atoms with E-state index in [4.69, 9.17) is 4.42 Å². The van der Waals surface area contributed by atoms with Crippen LogP contribution in [0.15, 0.2) is 22.8 Å². The van der Waals surface area contributed by atoms with Crippen LogP contribution in [0.25, 0.3) is 0 Å². The minimum atomic E-state index is 0.315. The van der Waals surface area contributed by atoms with E-state index in [0.717, 1.165) is 37.4 Å². The summed E-state index contributed by atoms with van der Waals surface area (Å²) in [6.07, 6.45) is 4.48. The Balaban J connectivity index is 1.88. The van der Waals surface area contributed by atoms with Gasteiger partial charge in [-0.2, -0.15) is 0 Å². The van der Waals surface area contributed by atoms with Gasteiger partial charge >= 0.3 is 0 Å². The molecule has 0 aliphatic carbocycles. The van der Waals surface area contributed by atoms with Crippen molar-refractivity contribution in [2.24, 2.45) is 5.92 Å². The molecule has 0 aromatic carbocycles. The fraction of sp³-hybridized carbons (Fsp3) is 0.667. The molecule has 1 fully saturated rings. The van der Waals surface area contributed by atoms with Crippen LogP contribution in [-0.2, 0) is 4.79 Å². The highest BCUT2D eigenvalue weighted by atomic mass is 32.2. The van der Waals surface area contributed by atoms with Gasteiger partial charge < -0.3 is 9.32 Å². The Morgan fingerprint density at radius 2 is 2.42 bits per heavy atom. The minimum absolute atomic E-state index is 0.315. The van der Waals surface area contributed by atoms with Crippen molar-refractivity contribution >= 4 is 17.7 Å². The first-order chi connectivity index (χ1) is 9.20. The molecule has 1 saturated heterocycles. The van der Waals surface area contributed by atoms with Gasteiger partial charge in [-0.15, -0.1) is 11.8 Å². The van der Waals surface area contributed by atoms with E-state index in [1.807, 2.05) is 28.8 Å². The lowest BCUT2D eigenvalue weighted by molar-refractivity contribution is -0.131. The second kappa shape index (κ2) is 7.04. The number of carbonyl (C=O) groups excluding carboxylic acids is 1. The Hall–Kier alpha value is -0.900. The van der Waals surface area contributed by atoms with Crippen LogP contribution < -0.4 is 0 Å². The summed E-state index contributed by atoms with van der Waals surface area (Å²) in [4.78, 5) is 14.2. The third kappa shape index (κ3) is 4.03. The van der Waals surface area contributed by atoms with Crippen LogP contribution in [0.2, 0.25) is 0 Å². The van der Waals surface area contributed by atoms with E-state index >= 15 is 0 Å². The summed E-state index contributed by atoms with van der Waals surface area (Å²) < 4.78 is 5.48. The predicted molar refractivity (Wildman–Crippen MR) is 79.2 cm³/mol. The van der Waals surface area contributed by atoms with Crippen molar-refractivity contribution in [3.63, 3.8) is 0 Å². The summed E-state index contributed by atoms with van der Waals surface area (Å²) >= 11 is 1.90. The van der Waals surface area contributed by atoms with Gasteiger partial charge in [-0.05, 0) is 24.5 Å². The first kappa shape index (κ1) is 14.5. The van der Waals surface area contributed by atoms with E-state index in [2.05, 4.69) is 13.8 Å². The van der Waals surface area contributed by atoms with E-state index < -0.39 is 0 Å². The average Bonchev–Trinajstić information content (AvgIpc) is 2.83. The fourth-order valence-corrected chi connectivity index (χ4v) is 3.47. The summed E-state index contributed by atoms with van der Waals surface area (Å²) in [7, 11) is 0. The number of rotatable bonds is 4. The molecule has 2 atom stereocenters. The molecule has 1 aliphatic heterocycles. The number of nitrogens with zero attached hydrogens (tertiary/aromatic N) is 1. The molecule has 1 aliphatic rings. The van der Waals surface area contributed by atoms with Gasteiger partial charge in [0.05, 0.1) is 11.5 Å². The lowest BCUT2D eigenvalue weighted by atomic mass is 10.0. The average molecular weight is 281 g/mol. The van der Waals surface area contributed by atoms with Crippen LogP contribution in [-0.4, -0.2) is 29.6 Å². The molecule has 3 nitrogen and oxygen atoms in total. The number of amides is 1. The van der Waals surface area contributed by atoms with Crippen LogP contribution in [0, 0.1) is 5.92 Å². The van der Waals surface area contributed by atoms with Gasteiger partial charge in [-0.3, -0.25) is 4.79 Å². The summed E-state index contributed by atoms with van der Waals surface area (Å²) in [5.41, 5.74) is 0. The molecule has 2 unspecified atom stereocenters. The lowest BCUT2D eigenvalue weighted by Gasteiger charge is -2.21. The third-order valence-corrected chi connectivity index (χ3v) is 5.06. The van der Waals surface area contributed by atoms with Gasteiger partial charge in [0.1, 0.15) is 5.76 Å². The van der Waals surface area contributed by atoms with Crippen molar-refractivity contribution in [1.29, 1.82) is 0 Å². The first-order valence-electron chi connectivity index (χ1n) is 7.13. The summed E-state index contributed by atoms with van der Waals surface area (Å²) in [6, 6.07) is 3.97. The second-order valence-corrected chi connectivity index (χ2v) is 6.57. The smallest absolute Gasteiger partial charge is 0.222 e. The molecular formula is C15H23NO2S. The van der Waals surface area contributed by atoms with Gasteiger partial charge in [0.2, 0.25) is 5.91 Å². The van der Waals surface area contributed by atoms with E-state index in [-0.39, 0.29) is 0 Å². The van der Waals surface area contributed by atoms with E-state index in [1.54, 1.807) is 6.26 Å². The molecule has 4 heteroatoms. The highest BCUT2D eigenvalue weighted by Gasteiger charge is 2.23.